The van der Waals surface area contributed by atoms with Crippen molar-refractivity contribution in [2.45, 2.75) is 31.6 Å². The van der Waals surface area contributed by atoms with E-state index in [4.69, 9.17) is 16.5 Å². The van der Waals surface area contributed by atoms with E-state index in [9.17, 15) is 8.78 Å². The number of nitrogens with one attached hydrogen (secondary N) is 2. The van der Waals surface area contributed by atoms with Crippen LogP contribution in [0.25, 0.3) is 0 Å². The summed E-state index contributed by atoms with van der Waals surface area (Å²) in [4.78, 5) is 6.67. The van der Waals surface area contributed by atoms with Gasteiger partial charge in [-0.15, -0.1) is 11.8 Å². The Morgan fingerprint density at radius 1 is 1.29 bits per heavy atom. The van der Waals surface area contributed by atoms with Gasteiger partial charge in [-0.25, -0.2) is 13.8 Å². The maximum absolute atomic E-state index is 14.8. The van der Waals surface area contributed by atoms with Crippen molar-refractivity contribution >= 4 is 29.1 Å². The van der Waals surface area contributed by atoms with Crippen molar-refractivity contribution in [2.75, 3.05) is 23.5 Å². The van der Waals surface area contributed by atoms with Crippen molar-refractivity contribution in [3.8, 4) is 0 Å². The lowest BCUT2D eigenvalue weighted by Gasteiger charge is -2.22. The van der Waals surface area contributed by atoms with Crippen LogP contribution >= 0.6 is 11.8 Å². The average Bonchev–Trinajstić information content (AvgIpc) is 3.56. The summed E-state index contributed by atoms with van der Waals surface area (Å²) in [6, 6.07) is 4.45. The van der Waals surface area contributed by atoms with Gasteiger partial charge in [-0.2, -0.15) is 5.10 Å². The fourth-order valence-electron chi connectivity index (χ4n) is 3.61. The Morgan fingerprint density at radius 3 is 2.43 bits per heavy atom. The van der Waals surface area contributed by atoms with E-state index in [0.717, 1.165) is 24.1 Å². The molecule has 10 heteroatoms. The number of nitrogens with zero attached hydrogens (tertiary/aromatic N) is 3. The minimum absolute atomic E-state index is 0.181. The lowest BCUT2D eigenvalue weighted by atomic mass is 9.96. The third-order valence-electron chi connectivity index (χ3n) is 5.64. The number of allylic oxidation sites excluding steroid dienone is 4. The highest BCUT2D eigenvalue weighted by atomic mass is 32.2. The number of anilines is 2. The van der Waals surface area contributed by atoms with E-state index in [1.54, 1.807) is 26.3 Å². The van der Waals surface area contributed by atoms with Crippen LogP contribution in [0.2, 0.25) is 0 Å². The summed E-state index contributed by atoms with van der Waals surface area (Å²) in [7, 11) is 1.57. The number of aliphatic imine (C=N–C) groups is 1. The van der Waals surface area contributed by atoms with Gasteiger partial charge in [0.05, 0.1) is 0 Å². The van der Waals surface area contributed by atoms with Gasteiger partial charge in [0, 0.05) is 35.5 Å². The molecule has 0 radical (unpaired) electrons. The van der Waals surface area contributed by atoms with E-state index in [1.807, 2.05) is 13.0 Å². The first-order chi connectivity index (χ1) is 16.7. The van der Waals surface area contributed by atoms with E-state index in [1.165, 1.54) is 41.2 Å². The van der Waals surface area contributed by atoms with Crippen molar-refractivity contribution in [1.82, 2.24) is 10.2 Å². The molecule has 3 rings (SSSR count). The molecule has 0 aliphatic heterocycles. The van der Waals surface area contributed by atoms with Gasteiger partial charge in [-0.05, 0) is 74.4 Å². The SMILES string of the molecule is C=C(/C(=C(\N=C(/C)N(C)c1c(F)cc(SC)cc1F)Nc1cc(C)[nH]n1)C1CC1)C(/C=C\N)=C/N. The molecule has 2 aromatic rings. The third-order valence-corrected chi connectivity index (χ3v) is 6.35. The highest BCUT2D eigenvalue weighted by molar-refractivity contribution is 7.98. The molecule has 186 valence electrons. The van der Waals surface area contributed by atoms with E-state index >= 15 is 0 Å². The van der Waals surface area contributed by atoms with E-state index < -0.39 is 11.6 Å². The molecular weight excluding hydrogens is 468 g/mol. The first-order valence-corrected chi connectivity index (χ1v) is 12.3. The smallest absolute Gasteiger partial charge is 0.153 e. The van der Waals surface area contributed by atoms with Crippen LogP contribution in [-0.4, -0.2) is 29.3 Å². The Bertz CT molecular complexity index is 1200. The number of aromatic nitrogens is 2. The summed E-state index contributed by atoms with van der Waals surface area (Å²) in [6.07, 6.45) is 8.16. The second-order valence-corrected chi connectivity index (χ2v) is 9.09. The van der Waals surface area contributed by atoms with Crippen LogP contribution in [0.5, 0.6) is 0 Å². The number of hydrogen-bond donors (Lipinski definition) is 4. The number of rotatable bonds is 9. The predicted octanol–water partition coefficient (Wildman–Crippen LogP) is 5.18. The van der Waals surface area contributed by atoms with Crippen molar-refractivity contribution in [1.29, 1.82) is 0 Å². The zero-order valence-electron chi connectivity index (χ0n) is 20.3. The number of hydrogen-bond acceptors (Lipinski definition) is 6. The summed E-state index contributed by atoms with van der Waals surface area (Å²) >= 11 is 1.27. The first-order valence-electron chi connectivity index (χ1n) is 11.0. The van der Waals surface area contributed by atoms with E-state index in [2.05, 4.69) is 22.1 Å². The molecule has 0 atom stereocenters. The minimum Gasteiger partial charge on any atom is -0.405 e. The number of thioether (sulfide) groups is 1. The van der Waals surface area contributed by atoms with E-state index in [0.29, 0.717) is 33.5 Å². The molecule has 35 heavy (non-hydrogen) atoms. The molecule has 1 aliphatic carbocycles. The number of aryl methyl sites for hydroxylation is 1. The minimum atomic E-state index is -0.666. The van der Waals surface area contributed by atoms with Gasteiger partial charge in [0.1, 0.15) is 17.3 Å². The van der Waals surface area contributed by atoms with Crippen LogP contribution in [0, 0.1) is 24.5 Å². The molecule has 0 unspecified atom stereocenters. The van der Waals surface area contributed by atoms with E-state index in [-0.39, 0.29) is 11.6 Å². The molecule has 1 aromatic heterocycles. The molecule has 1 saturated carbocycles. The second-order valence-electron chi connectivity index (χ2n) is 8.22. The largest absolute Gasteiger partial charge is 0.405 e. The fraction of sp³-hybridized carbons (Fsp3) is 0.280. The van der Waals surface area contributed by atoms with Crippen molar-refractivity contribution in [2.24, 2.45) is 22.4 Å². The Labute approximate surface area is 208 Å². The molecule has 1 aliphatic rings. The first kappa shape index (κ1) is 26.1. The molecule has 1 fully saturated rings. The van der Waals surface area contributed by atoms with Crippen molar-refractivity contribution in [3.05, 3.63) is 83.1 Å². The van der Waals surface area contributed by atoms with Gasteiger partial charge >= 0.3 is 0 Å². The quantitative estimate of drug-likeness (QED) is 0.164. The summed E-state index contributed by atoms with van der Waals surface area (Å²) in [5.41, 5.74) is 14.3. The van der Waals surface area contributed by atoms with Gasteiger partial charge in [-0.1, -0.05) is 6.58 Å². The molecule has 1 aromatic carbocycles. The molecule has 6 N–H and O–H groups in total. The number of aromatic amines is 1. The maximum atomic E-state index is 14.8. The lowest BCUT2D eigenvalue weighted by molar-refractivity contribution is 0.579. The number of H-pyrrole nitrogens is 1. The third kappa shape index (κ3) is 6.13. The summed E-state index contributed by atoms with van der Waals surface area (Å²) in [5.74, 6) is 0.259. The van der Waals surface area contributed by atoms with Crippen LogP contribution in [0.3, 0.4) is 0 Å². The summed E-state index contributed by atoms with van der Waals surface area (Å²) in [6.45, 7) is 7.82. The average molecular weight is 500 g/mol. The zero-order chi connectivity index (χ0) is 25.7. The topological polar surface area (TPSA) is 108 Å². The molecule has 0 amide bonds. The summed E-state index contributed by atoms with van der Waals surface area (Å²) < 4.78 is 29.6. The second kappa shape index (κ2) is 11.3. The van der Waals surface area contributed by atoms with Crippen LogP contribution in [0.1, 0.15) is 25.5 Å². The fourth-order valence-corrected chi connectivity index (χ4v) is 4.05. The van der Waals surface area contributed by atoms with Crippen LogP contribution in [0.15, 0.2) is 75.7 Å². The Kier molecular flexibility index (Phi) is 8.39. The number of halogens is 2. The highest BCUT2D eigenvalue weighted by Crippen LogP contribution is 2.43. The highest BCUT2D eigenvalue weighted by Gasteiger charge is 2.32. The van der Waals surface area contributed by atoms with Crippen molar-refractivity contribution in [3.63, 3.8) is 0 Å². The van der Waals surface area contributed by atoms with Crippen LogP contribution in [0.4, 0.5) is 20.3 Å². The zero-order valence-corrected chi connectivity index (χ0v) is 21.1. The predicted molar refractivity (Wildman–Crippen MR) is 141 cm³/mol. The van der Waals surface area contributed by atoms with Crippen LogP contribution < -0.4 is 21.7 Å². The molecule has 0 spiro atoms. The molecular formula is C25H31F2N7S. The normalized spacial score (nSPS) is 15.4. The van der Waals surface area contributed by atoms with Gasteiger partial charge < -0.3 is 21.7 Å². The van der Waals surface area contributed by atoms with Gasteiger partial charge in [-0.3, -0.25) is 5.10 Å². The molecule has 1 heterocycles. The number of benzene rings is 1. The number of nitrogens with two attached hydrogens (primary N) is 2. The van der Waals surface area contributed by atoms with Gasteiger partial charge in [0.2, 0.25) is 0 Å². The Morgan fingerprint density at radius 2 is 1.94 bits per heavy atom. The Hall–Kier alpha value is -3.53. The molecule has 7 nitrogen and oxygen atoms in total. The monoisotopic (exact) mass is 499 g/mol. The number of amidine groups is 1. The Balaban J connectivity index is 2.12. The summed E-state index contributed by atoms with van der Waals surface area (Å²) in [5, 5.41) is 10.4. The van der Waals surface area contributed by atoms with Gasteiger partial charge in [0.15, 0.2) is 17.5 Å². The molecule has 0 bridgehead atoms. The standard InChI is InChI=1S/C25H31F2N7S/c1-14-10-22(33-32-14)31-25(23(17-6-7-17)15(2)18(13-29)8-9-28)30-16(3)34(4)24-20(26)11-19(35-5)12-21(24)27/h8-13,17H,2,6-7,28-29H2,1,3-5H3,(H2,31,32,33)/b9-8-,18-13+,25-23-,30-16+. The lowest BCUT2D eigenvalue weighted by Crippen LogP contribution is -2.26. The van der Waals surface area contributed by atoms with Crippen LogP contribution in [-0.2, 0) is 0 Å². The van der Waals surface area contributed by atoms with Crippen molar-refractivity contribution < 1.29 is 8.78 Å². The maximum Gasteiger partial charge on any atom is 0.153 e. The molecule has 0 saturated heterocycles. The van der Waals surface area contributed by atoms with Gasteiger partial charge in [0.25, 0.3) is 0 Å².